The number of alkyl halides is 3. The maximum absolute atomic E-state index is 12.0. The van der Waals surface area contributed by atoms with Crippen LogP contribution in [-0.4, -0.2) is 28.9 Å². The highest BCUT2D eigenvalue weighted by Gasteiger charge is 2.39. The number of benzene rings is 1. The molecule has 0 bridgehead atoms. The van der Waals surface area contributed by atoms with Crippen LogP contribution in [0.3, 0.4) is 0 Å². The van der Waals surface area contributed by atoms with Crippen LogP contribution in [0.4, 0.5) is 18.9 Å². The number of nitro benzene ring substituents is 1. The van der Waals surface area contributed by atoms with Crippen molar-refractivity contribution in [2.45, 2.75) is 12.3 Å². The van der Waals surface area contributed by atoms with Gasteiger partial charge in [0.2, 0.25) is 0 Å². The van der Waals surface area contributed by atoms with Gasteiger partial charge in [-0.3, -0.25) is 10.1 Å². The van der Waals surface area contributed by atoms with Gasteiger partial charge in [0.25, 0.3) is 0 Å². The molecule has 1 aromatic carbocycles. The summed E-state index contributed by atoms with van der Waals surface area (Å²) in [5, 5.41) is 19.3. The summed E-state index contributed by atoms with van der Waals surface area (Å²) in [6, 6.07) is 3.23. The second kappa shape index (κ2) is 5.40. The van der Waals surface area contributed by atoms with Crippen molar-refractivity contribution >= 4 is 17.3 Å². The van der Waals surface area contributed by atoms with Gasteiger partial charge in [-0.2, -0.15) is 13.2 Å². The number of hydrogen-bond acceptors (Lipinski definition) is 4. The second-order valence-corrected chi connectivity index (χ2v) is 3.67. The van der Waals surface area contributed by atoms with E-state index >= 15 is 0 Å². The van der Waals surface area contributed by atoms with Crippen molar-refractivity contribution in [1.82, 2.24) is 0 Å². The molecule has 0 saturated carbocycles. The fraction of sp³-hybridized carbons (Fsp3) is 0.333. The number of hydrogen-bond donors (Lipinski definition) is 1. The lowest BCUT2D eigenvalue weighted by Crippen LogP contribution is -2.34. The average Bonchev–Trinajstić information content (AvgIpc) is 2.25. The zero-order chi connectivity index (χ0) is 13.9. The molecule has 1 rings (SSSR count). The number of ether oxygens (including phenoxy) is 1. The van der Waals surface area contributed by atoms with Crippen molar-refractivity contribution in [1.29, 1.82) is 0 Å². The molecule has 0 aliphatic carbocycles. The lowest BCUT2D eigenvalue weighted by Gasteiger charge is -2.15. The molecular formula is C9H7ClF3NO4. The van der Waals surface area contributed by atoms with Gasteiger partial charge in [-0.25, -0.2) is 0 Å². The Labute approximate surface area is 104 Å². The Hall–Kier alpha value is -1.54. The van der Waals surface area contributed by atoms with Crippen LogP contribution in [0.2, 0.25) is 5.02 Å². The van der Waals surface area contributed by atoms with Crippen LogP contribution in [0.25, 0.3) is 0 Å². The summed E-state index contributed by atoms with van der Waals surface area (Å²) in [5.74, 6) is -0.396. The normalized spacial score (nSPS) is 13.2. The third-order valence-corrected chi connectivity index (χ3v) is 2.13. The predicted molar refractivity (Wildman–Crippen MR) is 55.7 cm³/mol. The van der Waals surface area contributed by atoms with Crippen LogP contribution in [0.15, 0.2) is 18.2 Å². The molecule has 0 fully saturated rings. The van der Waals surface area contributed by atoms with E-state index in [0.717, 1.165) is 12.1 Å². The Balaban J connectivity index is 2.82. The minimum atomic E-state index is -4.85. The first-order valence-corrected chi connectivity index (χ1v) is 4.91. The Bertz CT molecular complexity index is 452. The van der Waals surface area contributed by atoms with E-state index in [4.69, 9.17) is 16.7 Å². The Morgan fingerprint density at radius 3 is 2.61 bits per heavy atom. The maximum Gasteiger partial charge on any atom is 0.417 e. The van der Waals surface area contributed by atoms with Crippen LogP contribution in [0.5, 0.6) is 5.75 Å². The fourth-order valence-corrected chi connectivity index (χ4v) is 1.18. The topological polar surface area (TPSA) is 72.6 Å². The lowest BCUT2D eigenvalue weighted by atomic mass is 10.3. The number of rotatable bonds is 4. The van der Waals surface area contributed by atoms with Crippen molar-refractivity contribution in [3.05, 3.63) is 33.3 Å². The van der Waals surface area contributed by atoms with E-state index in [-0.39, 0.29) is 5.02 Å². The summed E-state index contributed by atoms with van der Waals surface area (Å²) in [7, 11) is 0. The zero-order valence-electron chi connectivity index (χ0n) is 8.65. The van der Waals surface area contributed by atoms with Crippen LogP contribution < -0.4 is 4.74 Å². The van der Waals surface area contributed by atoms with E-state index < -0.39 is 35.2 Å². The largest absolute Gasteiger partial charge is 0.484 e. The molecule has 0 aromatic heterocycles. The van der Waals surface area contributed by atoms with E-state index in [9.17, 15) is 23.3 Å². The number of halogens is 4. The first-order chi connectivity index (χ1) is 8.21. The van der Waals surface area contributed by atoms with Gasteiger partial charge in [0.15, 0.2) is 11.9 Å². The van der Waals surface area contributed by atoms with Crippen LogP contribution in [0.1, 0.15) is 0 Å². The van der Waals surface area contributed by atoms with Gasteiger partial charge in [-0.05, 0) is 12.1 Å². The van der Waals surface area contributed by atoms with Gasteiger partial charge in [0.1, 0.15) is 6.61 Å². The first kappa shape index (κ1) is 14.5. The van der Waals surface area contributed by atoms with E-state index in [1.165, 1.54) is 6.07 Å². The fourth-order valence-electron chi connectivity index (χ4n) is 1.02. The van der Waals surface area contributed by atoms with Crippen molar-refractivity contribution < 1.29 is 27.9 Å². The summed E-state index contributed by atoms with van der Waals surface area (Å²) in [5.41, 5.74) is -0.572. The van der Waals surface area contributed by atoms with Gasteiger partial charge in [-0.1, -0.05) is 11.6 Å². The molecule has 0 heterocycles. The van der Waals surface area contributed by atoms with Gasteiger partial charge in [0, 0.05) is 11.1 Å². The summed E-state index contributed by atoms with van der Waals surface area (Å²) >= 11 is 5.51. The zero-order valence-corrected chi connectivity index (χ0v) is 9.40. The molecule has 0 aliphatic heterocycles. The highest BCUT2D eigenvalue weighted by Crippen LogP contribution is 2.30. The molecule has 9 heteroatoms. The van der Waals surface area contributed by atoms with Crippen molar-refractivity contribution in [2.24, 2.45) is 0 Å². The Kier molecular flexibility index (Phi) is 4.36. The monoisotopic (exact) mass is 285 g/mol. The molecule has 1 N–H and O–H groups in total. The minimum absolute atomic E-state index is 0.0467. The summed E-state index contributed by atoms with van der Waals surface area (Å²) in [6.07, 6.45) is -7.56. The molecule has 1 aromatic rings. The summed E-state index contributed by atoms with van der Waals surface area (Å²) in [6.45, 7) is -1.13. The Morgan fingerprint density at radius 2 is 2.11 bits per heavy atom. The smallest absolute Gasteiger partial charge is 0.417 e. The van der Waals surface area contributed by atoms with Crippen LogP contribution >= 0.6 is 11.6 Å². The number of nitrogens with zero attached hydrogens (tertiary/aromatic N) is 1. The van der Waals surface area contributed by atoms with Gasteiger partial charge in [0.05, 0.1) is 4.92 Å². The van der Waals surface area contributed by atoms with E-state index in [1.54, 1.807) is 0 Å². The molecule has 0 amide bonds. The average molecular weight is 286 g/mol. The van der Waals surface area contributed by atoms with Gasteiger partial charge >= 0.3 is 11.9 Å². The third kappa shape index (κ3) is 3.74. The quantitative estimate of drug-likeness (QED) is 0.681. The van der Waals surface area contributed by atoms with Gasteiger partial charge < -0.3 is 9.84 Å². The molecule has 18 heavy (non-hydrogen) atoms. The number of aliphatic hydroxyl groups is 1. The molecule has 1 atom stereocenters. The van der Waals surface area contributed by atoms with E-state index in [0.29, 0.717) is 0 Å². The highest BCUT2D eigenvalue weighted by atomic mass is 35.5. The lowest BCUT2D eigenvalue weighted by molar-refractivity contribution is -0.386. The molecule has 100 valence electrons. The van der Waals surface area contributed by atoms with E-state index in [2.05, 4.69) is 4.74 Å². The predicted octanol–water partition coefficient (Wildman–Crippen LogP) is 2.55. The number of nitro groups is 1. The van der Waals surface area contributed by atoms with Gasteiger partial charge in [-0.15, -0.1) is 0 Å². The van der Waals surface area contributed by atoms with Crippen molar-refractivity contribution in [3.8, 4) is 5.75 Å². The SMILES string of the molecule is O=[N+]([O-])c1cc(Cl)ccc1OC[C@@H](O)C(F)(F)F. The Morgan fingerprint density at radius 1 is 1.50 bits per heavy atom. The second-order valence-electron chi connectivity index (χ2n) is 3.24. The van der Waals surface area contributed by atoms with Crippen molar-refractivity contribution in [3.63, 3.8) is 0 Å². The summed E-state index contributed by atoms with van der Waals surface area (Å²) < 4.78 is 40.5. The van der Waals surface area contributed by atoms with E-state index in [1.807, 2.05) is 0 Å². The maximum atomic E-state index is 12.0. The summed E-state index contributed by atoms with van der Waals surface area (Å²) in [4.78, 5) is 9.75. The third-order valence-electron chi connectivity index (χ3n) is 1.89. The molecule has 0 radical (unpaired) electrons. The highest BCUT2D eigenvalue weighted by molar-refractivity contribution is 6.30. The molecule has 0 saturated heterocycles. The number of aliphatic hydroxyl groups excluding tert-OH is 1. The van der Waals surface area contributed by atoms with Crippen LogP contribution in [0, 0.1) is 10.1 Å². The molecule has 0 spiro atoms. The van der Waals surface area contributed by atoms with Crippen molar-refractivity contribution in [2.75, 3.05) is 6.61 Å². The standard InChI is InChI=1S/C9H7ClF3NO4/c10-5-1-2-7(6(3-5)14(16)17)18-4-8(15)9(11,12)13/h1-3,8,15H,4H2/t8-/m1/s1. The molecule has 0 aliphatic rings. The molecular weight excluding hydrogens is 279 g/mol. The van der Waals surface area contributed by atoms with Crippen LogP contribution in [-0.2, 0) is 0 Å². The molecule has 0 unspecified atom stereocenters. The first-order valence-electron chi connectivity index (χ1n) is 4.53. The molecule has 5 nitrogen and oxygen atoms in total. The minimum Gasteiger partial charge on any atom is -0.484 e.